The first-order valence-electron chi connectivity index (χ1n) is 7.55. The fourth-order valence-electron chi connectivity index (χ4n) is 2.18. The van der Waals surface area contributed by atoms with E-state index in [0.717, 1.165) is 5.76 Å². The number of hydrogen-bond acceptors (Lipinski definition) is 5. The van der Waals surface area contributed by atoms with E-state index in [1.807, 2.05) is 6.92 Å². The molecule has 2 heterocycles. The maximum atomic E-state index is 12.8. The van der Waals surface area contributed by atoms with E-state index in [1.165, 1.54) is 20.1 Å². The molecule has 25 heavy (non-hydrogen) atoms. The van der Waals surface area contributed by atoms with Gasteiger partial charge in [-0.3, -0.25) is 4.79 Å². The molecule has 0 bridgehead atoms. The molecule has 2 aromatic rings. The number of hydrogen-bond donors (Lipinski definition) is 1. The van der Waals surface area contributed by atoms with Crippen LogP contribution in [0.15, 0.2) is 22.6 Å². The second-order valence-corrected chi connectivity index (χ2v) is 5.35. The van der Waals surface area contributed by atoms with Gasteiger partial charge in [0.2, 0.25) is 5.82 Å². The van der Waals surface area contributed by atoms with E-state index in [1.54, 1.807) is 12.1 Å². The van der Waals surface area contributed by atoms with Crippen LogP contribution in [0.5, 0.6) is 0 Å². The van der Waals surface area contributed by atoms with Gasteiger partial charge in [0.1, 0.15) is 23.3 Å². The minimum absolute atomic E-state index is 0.0436. The molecule has 0 aliphatic heterocycles. The van der Waals surface area contributed by atoms with Crippen molar-refractivity contribution in [3.05, 3.63) is 46.9 Å². The number of aromatic nitrogens is 2. The second kappa shape index (κ2) is 7.64. The summed E-state index contributed by atoms with van der Waals surface area (Å²) in [5.74, 6) is -0.948. The lowest BCUT2D eigenvalue weighted by Crippen LogP contribution is -2.32. The number of methoxy groups -OCH3 is 1. The number of furan rings is 1. The average Bonchev–Trinajstić information content (AvgIpc) is 3.02. The quantitative estimate of drug-likeness (QED) is 0.860. The van der Waals surface area contributed by atoms with E-state index in [-0.39, 0.29) is 18.0 Å². The largest absolute Gasteiger partial charge is 0.464 e. The number of ether oxygens (including phenoxy) is 1. The SMILES string of the molecule is CCc1ccc(C(COC)NC(=O)c2cc(C)nc(C(F)(F)F)n2)o1. The molecule has 0 fully saturated rings. The Kier molecular flexibility index (Phi) is 5.78. The zero-order valence-corrected chi connectivity index (χ0v) is 14.0. The van der Waals surface area contributed by atoms with Crippen molar-refractivity contribution in [1.82, 2.24) is 15.3 Å². The Balaban J connectivity index is 2.25. The van der Waals surface area contributed by atoms with Crippen LogP contribution in [0.4, 0.5) is 13.2 Å². The topological polar surface area (TPSA) is 77.2 Å². The third-order valence-corrected chi connectivity index (χ3v) is 3.35. The molecule has 1 unspecified atom stereocenters. The van der Waals surface area contributed by atoms with E-state index < -0.39 is 23.9 Å². The van der Waals surface area contributed by atoms with Gasteiger partial charge in [-0.25, -0.2) is 9.97 Å². The smallest absolute Gasteiger partial charge is 0.451 e. The van der Waals surface area contributed by atoms with Crippen molar-refractivity contribution in [2.75, 3.05) is 13.7 Å². The maximum absolute atomic E-state index is 12.8. The van der Waals surface area contributed by atoms with Crippen LogP contribution in [-0.2, 0) is 17.3 Å². The molecule has 2 rings (SSSR count). The molecule has 0 saturated heterocycles. The predicted octanol–water partition coefficient (Wildman–Crippen LogP) is 3.08. The number of carbonyl (C=O) groups is 1. The van der Waals surface area contributed by atoms with Crippen LogP contribution in [-0.4, -0.2) is 29.6 Å². The Bertz CT molecular complexity index is 744. The summed E-state index contributed by atoms with van der Waals surface area (Å²) in [4.78, 5) is 19.0. The highest BCUT2D eigenvalue weighted by Crippen LogP contribution is 2.26. The van der Waals surface area contributed by atoms with Gasteiger partial charge in [-0.05, 0) is 25.1 Å². The lowest BCUT2D eigenvalue weighted by atomic mass is 10.2. The Labute approximate surface area is 142 Å². The highest BCUT2D eigenvalue weighted by Gasteiger charge is 2.35. The van der Waals surface area contributed by atoms with Crippen molar-refractivity contribution in [3.8, 4) is 0 Å². The van der Waals surface area contributed by atoms with Gasteiger partial charge in [0.05, 0.1) is 6.61 Å². The first-order valence-corrected chi connectivity index (χ1v) is 7.55. The van der Waals surface area contributed by atoms with Crippen molar-refractivity contribution in [3.63, 3.8) is 0 Å². The maximum Gasteiger partial charge on any atom is 0.451 e. The fourth-order valence-corrected chi connectivity index (χ4v) is 2.18. The van der Waals surface area contributed by atoms with Gasteiger partial charge in [-0.15, -0.1) is 0 Å². The van der Waals surface area contributed by atoms with Gasteiger partial charge in [0.25, 0.3) is 5.91 Å². The van der Waals surface area contributed by atoms with Gasteiger partial charge in [-0.1, -0.05) is 6.92 Å². The molecular formula is C16H18F3N3O3. The lowest BCUT2D eigenvalue weighted by molar-refractivity contribution is -0.145. The Morgan fingerprint density at radius 3 is 2.64 bits per heavy atom. The highest BCUT2D eigenvalue weighted by molar-refractivity contribution is 5.92. The Hall–Kier alpha value is -2.42. The summed E-state index contributed by atoms with van der Waals surface area (Å²) in [5.41, 5.74) is -0.328. The van der Waals surface area contributed by atoms with Gasteiger partial charge in [0, 0.05) is 19.2 Å². The van der Waals surface area contributed by atoms with Gasteiger partial charge in [-0.2, -0.15) is 13.2 Å². The summed E-state index contributed by atoms with van der Waals surface area (Å²) in [7, 11) is 1.44. The zero-order chi connectivity index (χ0) is 18.6. The fraction of sp³-hybridized carbons (Fsp3) is 0.438. The van der Waals surface area contributed by atoms with Crippen LogP contribution in [0.3, 0.4) is 0 Å². The van der Waals surface area contributed by atoms with Crippen molar-refractivity contribution in [2.24, 2.45) is 0 Å². The van der Waals surface area contributed by atoms with E-state index in [2.05, 4.69) is 15.3 Å². The molecule has 0 radical (unpaired) electrons. The third kappa shape index (κ3) is 4.79. The van der Waals surface area contributed by atoms with Crippen LogP contribution in [0.25, 0.3) is 0 Å². The van der Waals surface area contributed by atoms with E-state index in [9.17, 15) is 18.0 Å². The molecule has 6 nitrogen and oxygen atoms in total. The molecule has 1 atom stereocenters. The molecule has 0 aliphatic carbocycles. The van der Waals surface area contributed by atoms with Gasteiger partial charge >= 0.3 is 6.18 Å². The van der Waals surface area contributed by atoms with Crippen molar-refractivity contribution < 1.29 is 27.1 Å². The predicted molar refractivity (Wildman–Crippen MR) is 81.9 cm³/mol. The van der Waals surface area contributed by atoms with Gasteiger partial charge < -0.3 is 14.5 Å². The van der Waals surface area contributed by atoms with Crippen molar-refractivity contribution in [2.45, 2.75) is 32.5 Å². The third-order valence-electron chi connectivity index (χ3n) is 3.35. The number of carbonyl (C=O) groups excluding carboxylic acids is 1. The number of aryl methyl sites for hydroxylation is 2. The summed E-state index contributed by atoms with van der Waals surface area (Å²) in [6.45, 7) is 3.37. The van der Waals surface area contributed by atoms with E-state index in [4.69, 9.17) is 9.15 Å². The minimum atomic E-state index is -4.73. The molecule has 136 valence electrons. The minimum Gasteiger partial charge on any atom is -0.464 e. The molecule has 9 heteroatoms. The standard InChI is InChI=1S/C16H18F3N3O3/c1-4-10-5-6-13(25-10)12(8-24-3)21-14(23)11-7-9(2)20-15(22-11)16(17,18)19/h5-7,12H,4,8H2,1-3H3,(H,21,23). The molecule has 0 saturated carbocycles. The number of nitrogens with one attached hydrogen (secondary N) is 1. The van der Waals surface area contributed by atoms with E-state index in [0.29, 0.717) is 12.2 Å². The first-order chi connectivity index (χ1) is 11.7. The van der Waals surface area contributed by atoms with Crippen molar-refractivity contribution >= 4 is 5.91 Å². The average molecular weight is 357 g/mol. The molecular weight excluding hydrogens is 339 g/mol. The Morgan fingerprint density at radius 1 is 1.36 bits per heavy atom. The number of alkyl halides is 3. The number of halogens is 3. The number of amides is 1. The normalized spacial score (nSPS) is 12.9. The molecule has 0 aromatic carbocycles. The van der Waals surface area contributed by atoms with Crippen molar-refractivity contribution in [1.29, 1.82) is 0 Å². The monoisotopic (exact) mass is 357 g/mol. The molecule has 2 aromatic heterocycles. The van der Waals surface area contributed by atoms with Crippen LogP contribution in [0, 0.1) is 6.92 Å². The molecule has 1 amide bonds. The summed E-state index contributed by atoms with van der Waals surface area (Å²) < 4.78 is 49.1. The van der Waals surface area contributed by atoms with Gasteiger partial charge in [0.15, 0.2) is 0 Å². The van der Waals surface area contributed by atoms with E-state index >= 15 is 0 Å². The summed E-state index contributed by atoms with van der Waals surface area (Å²) in [6, 6.07) is 3.99. The Morgan fingerprint density at radius 2 is 2.08 bits per heavy atom. The number of rotatable bonds is 6. The van der Waals surface area contributed by atoms with Crippen LogP contribution in [0.1, 0.15) is 46.5 Å². The number of nitrogens with zero attached hydrogens (tertiary/aromatic N) is 2. The highest BCUT2D eigenvalue weighted by atomic mass is 19.4. The second-order valence-electron chi connectivity index (χ2n) is 5.35. The molecule has 0 aliphatic rings. The summed E-state index contributed by atoms with van der Waals surface area (Å²) in [5, 5.41) is 2.58. The van der Waals surface area contributed by atoms with Crippen LogP contribution >= 0.6 is 0 Å². The molecule has 0 spiro atoms. The van der Waals surface area contributed by atoms with Crippen LogP contribution in [0.2, 0.25) is 0 Å². The van der Waals surface area contributed by atoms with Crippen LogP contribution < -0.4 is 5.32 Å². The first kappa shape index (κ1) is 18.9. The summed E-state index contributed by atoms with van der Waals surface area (Å²) in [6.07, 6.45) is -4.06. The lowest BCUT2D eigenvalue weighted by Gasteiger charge is -2.16. The summed E-state index contributed by atoms with van der Waals surface area (Å²) >= 11 is 0. The molecule has 1 N–H and O–H groups in total. The zero-order valence-electron chi connectivity index (χ0n) is 14.0.